The van der Waals surface area contributed by atoms with Crippen molar-refractivity contribution in [1.82, 2.24) is 4.98 Å². The van der Waals surface area contributed by atoms with Crippen molar-refractivity contribution in [2.75, 3.05) is 6.16 Å². The molecule has 0 bridgehead atoms. The number of aromatic nitrogens is 1. The number of benzene rings is 4. The molecule has 1 heterocycles. The summed E-state index contributed by atoms with van der Waals surface area (Å²) in [5.74, 6) is -0.972. The first-order chi connectivity index (χ1) is 18.6. The van der Waals surface area contributed by atoms with Gasteiger partial charge in [-0.2, -0.15) is 0 Å². The van der Waals surface area contributed by atoms with Gasteiger partial charge in [0.2, 0.25) is 0 Å². The van der Waals surface area contributed by atoms with E-state index in [1.54, 1.807) is 0 Å². The number of rotatable bonds is 9. The number of hydrogen-bond donors (Lipinski definition) is 3. The monoisotopic (exact) mass is 524 g/mol. The number of nitrogens with two attached hydrogens (primary N) is 1. The van der Waals surface area contributed by atoms with Crippen LogP contribution in [0, 0.1) is 0 Å². The molecule has 1 aromatic heterocycles. The van der Waals surface area contributed by atoms with E-state index >= 15 is 0 Å². The fourth-order valence-electron chi connectivity index (χ4n) is 5.17. The molecule has 4 nitrogen and oxygen atoms in total. The summed E-state index contributed by atoms with van der Waals surface area (Å²) in [4.78, 5) is 13.7. The van der Waals surface area contributed by atoms with Crippen molar-refractivity contribution in [2.24, 2.45) is 5.73 Å². The van der Waals surface area contributed by atoms with Gasteiger partial charge >= 0.3 is 146 Å². The Morgan fingerprint density at radius 1 is 0.789 bits per heavy atom. The van der Waals surface area contributed by atoms with Crippen molar-refractivity contribution < 1.29 is 9.90 Å². The van der Waals surface area contributed by atoms with Crippen LogP contribution in [0.1, 0.15) is 25.3 Å². The van der Waals surface area contributed by atoms with Gasteiger partial charge in [0.05, 0.1) is 0 Å². The van der Waals surface area contributed by atoms with Crippen LogP contribution in [0.25, 0.3) is 10.9 Å². The van der Waals surface area contributed by atoms with Crippen LogP contribution < -0.4 is 21.6 Å². The Kier molecular flexibility index (Phi) is 9.48. The largest absolute Gasteiger partial charge is 0.480 e. The van der Waals surface area contributed by atoms with Gasteiger partial charge in [-0.15, -0.1) is 0 Å². The van der Waals surface area contributed by atoms with Crippen molar-refractivity contribution in [1.29, 1.82) is 0 Å². The summed E-state index contributed by atoms with van der Waals surface area (Å²) in [6, 6.07) is 40.4. The second-order valence-electron chi connectivity index (χ2n) is 9.62. The smallest absolute Gasteiger partial charge is 0.320 e. The molecule has 196 valence electrons. The normalized spacial score (nSPS) is 12.4. The fourth-order valence-corrected chi connectivity index (χ4v) is 10.2. The summed E-state index contributed by atoms with van der Waals surface area (Å²) in [7, 11) is -1.94. The number of carbonyl (C=O) groups is 1. The van der Waals surface area contributed by atoms with E-state index in [4.69, 9.17) is 10.8 Å². The van der Waals surface area contributed by atoms with E-state index in [-0.39, 0.29) is 0 Å². The van der Waals surface area contributed by atoms with Crippen LogP contribution in [-0.2, 0) is 11.2 Å². The number of fused-ring (bicyclic) bond motifs is 1. The molecule has 1 unspecified atom stereocenters. The Balaban J connectivity index is 0.000000194. The molecular weight excluding hydrogens is 487 g/mol. The van der Waals surface area contributed by atoms with Gasteiger partial charge in [0, 0.05) is 23.5 Å². The summed E-state index contributed by atoms with van der Waals surface area (Å²) >= 11 is 0. The predicted molar refractivity (Wildman–Crippen MR) is 164 cm³/mol. The number of unbranched alkanes of at least 4 members (excludes halogenated alkanes) is 1. The number of carboxylic acid groups (broad SMARTS) is 1. The van der Waals surface area contributed by atoms with Crippen molar-refractivity contribution in [3.63, 3.8) is 0 Å². The molecule has 0 saturated heterocycles. The third-order valence-electron chi connectivity index (χ3n) is 7.14. The molecule has 5 heteroatoms. The molecule has 0 saturated carbocycles. The third kappa shape index (κ3) is 6.22. The second kappa shape index (κ2) is 13.2. The molecular formula is C33H37N2O2P. The van der Waals surface area contributed by atoms with Crippen LogP contribution in [0.15, 0.2) is 121 Å². The summed E-state index contributed by atoms with van der Waals surface area (Å²) in [5, 5.41) is 14.3. The minimum atomic E-state index is -1.94. The third-order valence-corrected chi connectivity index (χ3v) is 12.2. The SMILES string of the molecule is CCCC[PH](c1ccccc1)(c1ccccc1)c1ccccc1.NC(Cc1c[nH]c2ccccc12)C(=O)O. The number of para-hydroxylation sites is 1. The molecule has 0 aliphatic rings. The first kappa shape index (κ1) is 27.3. The van der Waals surface area contributed by atoms with Crippen LogP contribution in [0.5, 0.6) is 0 Å². The van der Waals surface area contributed by atoms with E-state index in [2.05, 4.69) is 103 Å². The molecule has 1 atom stereocenters. The number of aliphatic carboxylic acids is 1. The van der Waals surface area contributed by atoms with Crippen molar-refractivity contribution in [3.05, 3.63) is 127 Å². The molecule has 0 amide bonds. The summed E-state index contributed by atoms with van der Waals surface area (Å²) in [6.45, 7) is 2.29. The maximum absolute atomic E-state index is 10.6. The van der Waals surface area contributed by atoms with Gasteiger partial charge in [0.25, 0.3) is 0 Å². The Bertz CT molecular complexity index is 1320. The zero-order valence-corrected chi connectivity index (χ0v) is 22.9. The molecule has 0 aliphatic carbocycles. The zero-order chi connectivity index (χ0) is 26.8. The average Bonchev–Trinajstić information content (AvgIpc) is 3.38. The van der Waals surface area contributed by atoms with Crippen LogP contribution in [0.3, 0.4) is 0 Å². The maximum atomic E-state index is 10.6. The van der Waals surface area contributed by atoms with Gasteiger partial charge in [-0.1, -0.05) is 18.2 Å². The predicted octanol–water partition coefficient (Wildman–Crippen LogP) is 5.64. The molecule has 0 aliphatic heterocycles. The van der Waals surface area contributed by atoms with E-state index < -0.39 is 19.3 Å². The molecule has 4 N–H and O–H groups in total. The number of aromatic amines is 1. The fraction of sp³-hybridized carbons (Fsp3) is 0.182. The molecule has 0 fully saturated rings. The topological polar surface area (TPSA) is 79.1 Å². The van der Waals surface area contributed by atoms with E-state index in [1.165, 1.54) is 34.9 Å². The van der Waals surface area contributed by atoms with Gasteiger partial charge in [-0.05, 0) is 11.6 Å². The standard InChI is InChI=1S/C22H25P.C11H12N2O2/c1-2-3-19-23(20-13-7-4-8-14-20,21-15-9-5-10-16-21)22-17-11-6-12-18-22;12-9(11(14)15)5-7-6-13-10-4-2-1-3-8(7)10/h4-18,23H,2-3,19H2,1H3;1-4,6,9,13H,5,12H2,(H,14,15). The van der Waals surface area contributed by atoms with Crippen molar-refractivity contribution in [2.45, 2.75) is 32.2 Å². The first-order valence-electron chi connectivity index (χ1n) is 13.3. The molecule has 38 heavy (non-hydrogen) atoms. The quantitative estimate of drug-likeness (QED) is 0.219. The van der Waals surface area contributed by atoms with Crippen LogP contribution in [-0.4, -0.2) is 28.3 Å². The van der Waals surface area contributed by atoms with E-state index in [0.29, 0.717) is 6.42 Å². The molecule has 4 aromatic carbocycles. The van der Waals surface area contributed by atoms with Crippen LogP contribution in [0.2, 0.25) is 0 Å². The molecule has 5 aromatic rings. The number of H-pyrrole nitrogens is 1. The van der Waals surface area contributed by atoms with E-state index in [1.807, 2.05) is 30.5 Å². The summed E-state index contributed by atoms with van der Waals surface area (Å²) in [5.41, 5.74) is 7.43. The van der Waals surface area contributed by atoms with Crippen molar-refractivity contribution in [3.8, 4) is 0 Å². The van der Waals surface area contributed by atoms with Gasteiger partial charge in [-0.25, -0.2) is 0 Å². The van der Waals surface area contributed by atoms with E-state index in [9.17, 15) is 4.79 Å². The minimum absolute atomic E-state index is 0.347. The summed E-state index contributed by atoms with van der Waals surface area (Å²) in [6.07, 6.45) is 5.93. The molecule has 0 radical (unpaired) electrons. The van der Waals surface area contributed by atoms with Crippen LogP contribution >= 0.6 is 7.26 Å². The Morgan fingerprint density at radius 2 is 1.26 bits per heavy atom. The van der Waals surface area contributed by atoms with Crippen LogP contribution in [0.4, 0.5) is 0 Å². The van der Waals surface area contributed by atoms with Gasteiger partial charge in [0.1, 0.15) is 6.04 Å². The average molecular weight is 525 g/mol. The first-order valence-corrected chi connectivity index (χ1v) is 15.5. The number of carboxylic acids is 1. The zero-order valence-electron chi connectivity index (χ0n) is 21.9. The van der Waals surface area contributed by atoms with E-state index in [0.717, 1.165) is 16.5 Å². The second-order valence-corrected chi connectivity index (χ2v) is 13.7. The molecule has 0 spiro atoms. The molecule has 5 rings (SSSR count). The maximum Gasteiger partial charge on any atom is 0.320 e. The number of hydrogen-bond acceptors (Lipinski definition) is 2. The Hall–Kier alpha value is -3.72. The Morgan fingerprint density at radius 3 is 1.74 bits per heavy atom. The van der Waals surface area contributed by atoms with Gasteiger partial charge in [0.15, 0.2) is 0 Å². The minimum Gasteiger partial charge on any atom is -0.480 e. The number of nitrogens with one attached hydrogen (secondary N) is 1. The van der Waals surface area contributed by atoms with Gasteiger partial charge < -0.3 is 15.8 Å². The Labute approximate surface area is 225 Å². The van der Waals surface area contributed by atoms with Gasteiger partial charge in [-0.3, -0.25) is 4.79 Å². The van der Waals surface area contributed by atoms with Crippen molar-refractivity contribution >= 4 is 40.0 Å². The summed E-state index contributed by atoms with van der Waals surface area (Å²) < 4.78 is 0.